The Morgan fingerprint density at radius 1 is 1.55 bits per heavy atom. The van der Waals surface area contributed by atoms with Crippen LogP contribution in [0.5, 0.6) is 0 Å². The molecule has 0 unspecified atom stereocenters. The van der Waals surface area contributed by atoms with Crippen LogP contribution in [0.2, 0.25) is 0 Å². The molecule has 2 rings (SSSR count). The molecule has 106 valence electrons. The lowest BCUT2D eigenvalue weighted by Gasteiger charge is -2.20. The van der Waals surface area contributed by atoms with Crippen molar-refractivity contribution in [2.75, 3.05) is 13.1 Å². The predicted molar refractivity (Wildman–Crippen MR) is 80.0 cm³/mol. The van der Waals surface area contributed by atoms with Gasteiger partial charge in [-0.3, -0.25) is 9.58 Å². The maximum atomic E-state index is 8.90. The van der Waals surface area contributed by atoms with Crippen molar-refractivity contribution < 1.29 is 0 Å². The second-order valence-corrected chi connectivity index (χ2v) is 5.76. The van der Waals surface area contributed by atoms with Crippen molar-refractivity contribution in [3.05, 3.63) is 23.5 Å². The highest BCUT2D eigenvalue weighted by Gasteiger charge is 2.12. The van der Waals surface area contributed by atoms with Gasteiger partial charge in [-0.15, -0.1) is 11.3 Å². The lowest BCUT2D eigenvalue weighted by atomic mass is 10.2. The summed E-state index contributed by atoms with van der Waals surface area (Å²) in [4.78, 5) is 6.90. The summed E-state index contributed by atoms with van der Waals surface area (Å²) in [6, 6.07) is 2.28. The molecule has 0 spiro atoms. The lowest BCUT2D eigenvalue weighted by Crippen LogP contribution is -2.27. The summed E-state index contributed by atoms with van der Waals surface area (Å²) in [7, 11) is 1.90. The van der Waals surface area contributed by atoms with Crippen LogP contribution in [0.4, 0.5) is 0 Å². The summed E-state index contributed by atoms with van der Waals surface area (Å²) >= 11 is 1.64. The number of nitrogens with zero attached hydrogens (tertiary/aromatic N) is 5. The second-order valence-electron chi connectivity index (χ2n) is 4.90. The van der Waals surface area contributed by atoms with E-state index in [0.29, 0.717) is 0 Å². The summed E-state index contributed by atoms with van der Waals surface area (Å²) in [5.41, 5.74) is 2.11. The van der Waals surface area contributed by atoms with Crippen LogP contribution < -0.4 is 0 Å². The molecule has 2 aromatic rings. The van der Waals surface area contributed by atoms with Crippen LogP contribution in [0.25, 0.3) is 10.6 Å². The van der Waals surface area contributed by atoms with Gasteiger partial charge in [-0.05, 0) is 13.5 Å². The van der Waals surface area contributed by atoms with E-state index >= 15 is 0 Å². The first-order chi connectivity index (χ1) is 9.62. The van der Waals surface area contributed by atoms with Crippen LogP contribution in [-0.4, -0.2) is 32.8 Å². The fourth-order valence-electron chi connectivity index (χ4n) is 2.01. The SMILES string of the molecule is CCN(Cc1csc(-c2cnn(C)c2)n1)C[C@H](C)C#N. The average molecular weight is 289 g/mol. The summed E-state index contributed by atoms with van der Waals surface area (Å²) in [6.45, 7) is 6.56. The average Bonchev–Trinajstić information content (AvgIpc) is 3.06. The molecular weight excluding hydrogens is 270 g/mol. The van der Waals surface area contributed by atoms with Crippen molar-refractivity contribution in [2.45, 2.75) is 20.4 Å². The molecule has 0 saturated carbocycles. The van der Waals surface area contributed by atoms with E-state index < -0.39 is 0 Å². The maximum Gasteiger partial charge on any atom is 0.126 e. The van der Waals surface area contributed by atoms with Gasteiger partial charge in [-0.25, -0.2) is 4.98 Å². The zero-order chi connectivity index (χ0) is 14.5. The normalized spacial score (nSPS) is 12.6. The molecule has 0 fully saturated rings. The van der Waals surface area contributed by atoms with Gasteiger partial charge in [0.1, 0.15) is 5.01 Å². The minimum atomic E-state index is 0.0476. The van der Waals surface area contributed by atoms with Crippen molar-refractivity contribution in [1.82, 2.24) is 19.7 Å². The van der Waals surface area contributed by atoms with Crippen LogP contribution in [-0.2, 0) is 13.6 Å². The summed E-state index contributed by atoms with van der Waals surface area (Å²) in [6.07, 6.45) is 3.80. The van der Waals surface area contributed by atoms with E-state index in [2.05, 4.69) is 33.4 Å². The highest BCUT2D eigenvalue weighted by atomic mass is 32.1. The predicted octanol–water partition coefficient (Wildman–Crippen LogP) is 2.53. The van der Waals surface area contributed by atoms with E-state index in [0.717, 1.165) is 35.9 Å². The smallest absolute Gasteiger partial charge is 0.126 e. The first-order valence-electron chi connectivity index (χ1n) is 6.67. The number of nitriles is 1. The molecule has 0 aliphatic carbocycles. The number of aryl methyl sites for hydroxylation is 1. The highest BCUT2D eigenvalue weighted by Crippen LogP contribution is 2.23. The standard InChI is InChI=1S/C14H19N5S/c1-4-19(7-11(2)5-15)9-13-10-20-14(17-13)12-6-16-18(3)8-12/h6,8,10-11H,4,7,9H2,1-3H3/t11-/m1/s1. The van der Waals surface area contributed by atoms with Gasteiger partial charge in [-0.2, -0.15) is 10.4 Å². The number of rotatable bonds is 6. The largest absolute Gasteiger partial charge is 0.296 e. The Kier molecular flexibility index (Phi) is 4.88. The van der Waals surface area contributed by atoms with Gasteiger partial charge in [0, 0.05) is 37.3 Å². The molecule has 1 atom stereocenters. The van der Waals surface area contributed by atoms with Crippen LogP contribution in [0.1, 0.15) is 19.5 Å². The third-order valence-corrected chi connectivity index (χ3v) is 4.03. The minimum absolute atomic E-state index is 0.0476. The van der Waals surface area contributed by atoms with Gasteiger partial charge in [0.15, 0.2) is 0 Å². The topological polar surface area (TPSA) is 57.7 Å². The Labute approximate surface area is 123 Å². The first-order valence-corrected chi connectivity index (χ1v) is 7.55. The highest BCUT2D eigenvalue weighted by molar-refractivity contribution is 7.13. The Hall–Kier alpha value is -1.71. The summed E-state index contributed by atoms with van der Waals surface area (Å²) < 4.78 is 1.78. The molecule has 0 N–H and O–H groups in total. The monoisotopic (exact) mass is 289 g/mol. The summed E-state index contributed by atoms with van der Waals surface area (Å²) in [5.74, 6) is 0.0476. The fraction of sp³-hybridized carbons (Fsp3) is 0.500. The zero-order valence-corrected chi connectivity index (χ0v) is 12.9. The van der Waals surface area contributed by atoms with E-state index in [1.807, 2.05) is 26.4 Å². The van der Waals surface area contributed by atoms with Crippen molar-refractivity contribution >= 4 is 11.3 Å². The molecule has 20 heavy (non-hydrogen) atoms. The van der Waals surface area contributed by atoms with Gasteiger partial charge in [0.25, 0.3) is 0 Å². The minimum Gasteiger partial charge on any atom is -0.296 e. The molecule has 0 aromatic carbocycles. The molecule has 0 aliphatic heterocycles. The number of hydrogen-bond acceptors (Lipinski definition) is 5. The van der Waals surface area contributed by atoms with Crippen molar-refractivity contribution in [1.29, 1.82) is 5.26 Å². The molecule has 0 amide bonds. The van der Waals surface area contributed by atoms with Crippen LogP contribution >= 0.6 is 11.3 Å². The van der Waals surface area contributed by atoms with Crippen molar-refractivity contribution in [3.63, 3.8) is 0 Å². The number of hydrogen-bond donors (Lipinski definition) is 0. The van der Waals surface area contributed by atoms with Crippen LogP contribution in [0, 0.1) is 17.2 Å². The van der Waals surface area contributed by atoms with Gasteiger partial charge in [0.05, 0.1) is 23.9 Å². The molecule has 2 aromatic heterocycles. The third kappa shape index (κ3) is 3.65. The lowest BCUT2D eigenvalue weighted by molar-refractivity contribution is 0.258. The fourth-order valence-corrected chi connectivity index (χ4v) is 2.79. The molecule has 0 bridgehead atoms. The molecule has 0 saturated heterocycles. The molecular formula is C14H19N5S. The van der Waals surface area contributed by atoms with Gasteiger partial charge >= 0.3 is 0 Å². The Bertz CT molecular complexity index is 595. The van der Waals surface area contributed by atoms with Crippen LogP contribution in [0.15, 0.2) is 17.8 Å². The van der Waals surface area contributed by atoms with E-state index in [4.69, 9.17) is 5.26 Å². The Balaban J connectivity index is 2.03. The molecule has 2 heterocycles. The van der Waals surface area contributed by atoms with E-state index in [1.165, 1.54) is 0 Å². The third-order valence-electron chi connectivity index (χ3n) is 3.09. The molecule has 0 radical (unpaired) electrons. The second kappa shape index (κ2) is 6.64. The molecule has 5 nitrogen and oxygen atoms in total. The number of thiazole rings is 1. The van der Waals surface area contributed by atoms with Gasteiger partial charge < -0.3 is 0 Å². The Morgan fingerprint density at radius 3 is 2.95 bits per heavy atom. The Morgan fingerprint density at radius 2 is 2.35 bits per heavy atom. The van der Waals surface area contributed by atoms with Gasteiger partial charge in [-0.1, -0.05) is 6.92 Å². The summed E-state index contributed by atoms with van der Waals surface area (Å²) in [5, 5.41) is 16.2. The molecule has 0 aliphatic rings. The van der Waals surface area contributed by atoms with E-state index in [-0.39, 0.29) is 5.92 Å². The quantitative estimate of drug-likeness (QED) is 0.820. The zero-order valence-electron chi connectivity index (χ0n) is 12.1. The maximum absolute atomic E-state index is 8.90. The first kappa shape index (κ1) is 14.7. The molecule has 6 heteroatoms. The van der Waals surface area contributed by atoms with Crippen molar-refractivity contribution in [3.8, 4) is 16.6 Å². The van der Waals surface area contributed by atoms with Crippen molar-refractivity contribution in [2.24, 2.45) is 13.0 Å². The van der Waals surface area contributed by atoms with E-state index in [9.17, 15) is 0 Å². The number of aromatic nitrogens is 3. The van der Waals surface area contributed by atoms with E-state index in [1.54, 1.807) is 16.0 Å². The van der Waals surface area contributed by atoms with Gasteiger partial charge in [0.2, 0.25) is 0 Å². The van der Waals surface area contributed by atoms with Crippen LogP contribution in [0.3, 0.4) is 0 Å².